The molecule has 1 atom stereocenters. The van der Waals surface area contributed by atoms with Crippen LogP contribution in [0.1, 0.15) is 62.6 Å². The smallest absolute Gasteiger partial charge is 0.341 e. The molecule has 0 spiro atoms. The van der Waals surface area contributed by atoms with Gasteiger partial charge in [0.05, 0.1) is 17.4 Å². The van der Waals surface area contributed by atoms with E-state index in [-0.39, 0.29) is 17.8 Å². The maximum Gasteiger partial charge on any atom is 0.341 e. The lowest BCUT2D eigenvalue weighted by Crippen LogP contribution is -2.27. The highest BCUT2D eigenvalue weighted by Crippen LogP contribution is 2.40. The summed E-state index contributed by atoms with van der Waals surface area (Å²) in [6, 6.07) is 13.9. The molecule has 0 saturated carbocycles. The summed E-state index contributed by atoms with van der Waals surface area (Å²) in [4.78, 5) is 40.9. The molecule has 0 fully saturated rings. The summed E-state index contributed by atoms with van der Waals surface area (Å²) in [6.07, 6.45) is 4.83. The van der Waals surface area contributed by atoms with Crippen LogP contribution < -0.4 is 10.6 Å². The van der Waals surface area contributed by atoms with E-state index in [4.69, 9.17) is 4.74 Å². The van der Waals surface area contributed by atoms with Gasteiger partial charge in [0.2, 0.25) is 5.91 Å². The first kappa shape index (κ1) is 29.0. The molecule has 1 aliphatic carbocycles. The van der Waals surface area contributed by atoms with Gasteiger partial charge in [-0.15, -0.1) is 23.1 Å². The maximum atomic E-state index is 13.3. The summed E-state index contributed by atoms with van der Waals surface area (Å²) >= 11 is 2.98. The average molecular weight is 590 g/mol. The van der Waals surface area contributed by atoms with Crippen molar-refractivity contribution in [1.29, 1.82) is 0 Å². The number of ether oxygens (including phenoxy) is 1. The molecule has 1 unspecified atom stereocenters. The Morgan fingerprint density at radius 2 is 1.85 bits per heavy atom. The molecule has 2 amide bonds. The summed E-state index contributed by atoms with van der Waals surface area (Å²) in [5, 5.41) is 7.31. The molecule has 2 heterocycles. The quantitative estimate of drug-likeness (QED) is 0.162. The van der Waals surface area contributed by atoms with Crippen molar-refractivity contribution in [2.24, 2.45) is 0 Å². The van der Waals surface area contributed by atoms with Gasteiger partial charge in [0.25, 0.3) is 5.91 Å². The highest BCUT2D eigenvalue weighted by molar-refractivity contribution is 8.00. The molecule has 0 aliphatic heterocycles. The van der Waals surface area contributed by atoms with Crippen molar-refractivity contribution in [3.63, 3.8) is 0 Å². The van der Waals surface area contributed by atoms with Gasteiger partial charge in [0.1, 0.15) is 5.00 Å². The number of fused-ring (bicyclic) bond motifs is 2. The first-order chi connectivity index (χ1) is 19.7. The third kappa shape index (κ3) is 6.36. The number of esters is 1. The van der Waals surface area contributed by atoms with E-state index < -0.39 is 5.25 Å². The van der Waals surface area contributed by atoms with Crippen LogP contribution in [0.2, 0.25) is 0 Å². The number of aryl methyl sites for hydroxylation is 3. The fourth-order valence-electron chi connectivity index (χ4n) is 5.36. The maximum absolute atomic E-state index is 13.3. The van der Waals surface area contributed by atoms with Crippen LogP contribution in [0.5, 0.6) is 0 Å². The van der Waals surface area contributed by atoms with Gasteiger partial charge >= 0.3 is 5.97 Å². The van der Waals surface area contributed by atoms with Gasteiger partial charge in [-0.1, -0.05) is 35.4 Å². The molecule has 5 rings (SSSR count). The molecule has 2 aromatic heterocycles. The molecular weight excluding hydrogens is 555 g/mol. The van der Waals surface area contributed by atoms with Crippen molar-refractivity contribution < 1.29 is 19.1 Å². The molecule has 2 N–H and O–H groups in total. The molecule has 1 aliphatic rings. The van der Waals surface area contributed by atoms with Crippen LogP contribution in [0.4, 0.5) is 5.00 Å². The van der Waals surface area contributed by atoms with Crippen LogP contribution in [0.3, 0.4) is 0 Å². The van der Waals surface area contributed by atoms with Gasteiger partial charge in [0.15, 0.2) is 0 Å². The molecular formula is C32H35N3O4S2. The minimum Gasteiger partial charge on any atom is -0.462 e. The van der Waals surface area contributed by atoms with E-state index in [1.807, 2.05) is 51.2 Å². The monoisotopic (exact) mass is 589 g/mol. The van der Waals surface area contributed by atoms with E-state index in [1.54, 1.807) is 6.92 Å². The number of nitrogens with one attached hydrogen (secondary N) is 2. The van der Waals surface area contributed by atoms with E-state index in [0.717, 1.165) is 56.6 Å². The zero-order chi connectivity index (χ0) is 29.1. The zero-order valence-electron chi connectivity index (χ0n) is 23.8. The lowest BCUT2D eigenvalue weighted by molar-refractivity contribution is -0.115. The number of thioether (sulfide) groups is 1. The van der Waals surface area contributed by atoms with Crippen molar-refractivity contribution >= 4 is 56.8 Å². The van der Waals surface area contributed by atoms with Gasteiger partial charge < -0.3 is 19.9 Å². The van der Waals surface area contributed by atoms with Gasteiger partial charge in [-0.05, 0) is 70.7 Å². The van der Waals surface area contributed by atoms with Crippen LogP contribution >= 0.6 is 23.1 Å². The fraction of sp³-hybridized carbons (Fsp3) is 0.344. The normalized spacial score (nSPS) is 13.2. The number of thiophene rings is 1. The second-order valence-electron chi connectivity index (χ2n) is 10.4. The molecule has 41 heavy (non-hydrogen) atoms. The van der Waals surface area contributed by atoms with Crippen LogP contribution in [-0.2, 0) is 28.9 Å². The molecule has 0 radical (unpaired) electrons. The summed E-state index contributed by atoms with van der Waals surface area (Å²) < 4.78 is 7.42. The van der Waals surface area contributed by atoms with Gasteiger partial charge in [-0.2, -0.15) is 0 Å². The third-order valence-electron chi connectivity index (χ3n) is 7.18. The Labute approximate surface area is 248 Å². The van der Waals surface area contributed by atoms with Gasteiger partial charge in [-0.25, -0.2) is 4.79 Å². The molecule has 7 nitrogen and oxygen atoms in total. The van der Waals surface area contributed by atoms with Gasteiger partial charge in [0, 0.05) is 45.5 Å². The van der Waals surface area contributed by atoms with Gasteiger partial charge in [-0.3, -0.25) is 9.59 Å². The Morgan fingerprint density at radius 1 is 1.10 bits per heavy atom. The number of carbonyl (C=O) groups excluding carboxylic acids is 3. The van der Waals surface area contributed by atoms with E-state index in [0.29, 0.717) is 35.8 Å². The van der Waals surface area contributed by atoms with E-state index >= 15 is 0 Å². The molecule has 0 saturated heterocycles. The third-order valence-corrected chi connectivity index (χ3v) is 9.54. The van der Waals surface area contributed by atoms with Crippen molar-refractivity contribution in [3.05, 3.63) is 81.4 Å². The number of amides is 2. The zero-order valence-corrected chi connectivity index (χ0v) is 25.5. The number of rotatable bonds is 10. The Balaban J connectivity index is 1.27. The number of hydrogen-bond donors (Lipinski definition) is 2. The minimum atomic E-state index is -0.398. The van der Waals surface area contributed by atoms with Crippen LogP contribution in [-0.4, -0.2) is 40.8 Å². The second kappa shape index (κ2) is 12.5. The number of carbonyl (C=O) groups is 3. The Morgan fingerprint density at radius 3 is 2.61 bits per heavy atom. The summed E-state index contributed by atoms with van der Waals surface area (Å²) in [5.74, 6) is -0.608. The Bertz CT molecular complexity index is 1600. The predicted molar refractivity (Wildman–Crippen MR) is 166 cm³/mol. The minimum absolute atomic E-state index is 0.0881. The Hall–Kier alpha value is -3.56. The van der Waals surface area contributed by atoms with Crippen molar-refractivity contribution in [1.82, 2.24) is 9.88 Å². The molecule has 2 aromatic carbocycles. The predicted octanol–water partition coefficient (Wildman–Crippen LogP) is 6.53. The number of nitrogens with zero attached hydrogens (tertiary/aromatic N) is 1. The fourth-order valence-corrected chi connectivity index (χ4v) is 7.67. The standard InChI is InChI=1S/C32H35N3O4S2/c1-5-39-32(38)28-24-10-8-12-26(24)41-31(28)34-29(36)21(4)40-27-18-35(25-11-7-6-9-23(25)27)14-13-33-30(37)22-16-19(2)15-20(3)17-22/h6-7,9,11,15-18,21H,5,8,10,12-14H2,1-4H3,(H,33,37)(H,34,36). The highest BCUT2D eigenvalue weighted by Gasteiger charge is 2.29. The lowest BCUT2D eigenvalue weighted by atomic mass is 10.1. The van der Waals surface area contributed by atoms with Crippen molar-refractivity contribution in [2.75, 3.05) is 18.5 Å². The number of benzene rings is 2. The second-order valence-corrected chi connectivity index (χ2v) is 12.9. The van der Waals surface area contributed by atoms with Crippen molar-refractivity contribution in [3.8, 4) is 0 Å². The van der Waals surface area contributed by atoms with Crippen LogP contribution in [0.15, 0.2) is 53.6 Å². The van der Waals surface area contributed by atoms with E-state index in [9.17, 15) is 14.4 Å². The first-order valence-electron chi connectivity index (χ1n) is 14.0. The number of hydrogen-bond acceptors (Lipinski definition) is 6. The molecule has 4 aromatic rings. The average Bonchev–Trinajstić information content (AvgIpc) is 3.61. The molecule has 0 bridgehead atoms. The molecule has 9 heteroatoms. The lowest BCUT2D eigenvalue weighted by Gasteiger charge is -2.12. The largest absolute Gasteiger partial charge is 0.462 e. The van der Waals surface area contributed by atoms with E-state index in [1.165, 1.54) is 23.1 Å². The SMILES string of the molecule is CCOC(=O)c1c(NC(=O)C(C)Sc2cn(CCNC(=O)c3cc(C)cc(C)c3)c3ccccc23)sc2c1CCC2. The molecule has 214 valence electrons. The first-order valence-corrected chi connectivity index (χ1v) is 15.7. The summed E-state index contributed by atoms with van der Waals surface area (Å²) in [6.45, 7) is 9.01. The topological polar surface area (TPSA) is 89.4 Å². The summed E-state index contributed by atoms with van der Waals surface area (Å²) in [7, 11) is 0. The van der Waals surface area contributed by atoms with Crippen LogP contribution in [0, 0.1) is 13.8 Å². The Kier molecular flexibility index (Phi) is 8.85. The highest BCUT2D eigenvalue weighted by atomic mass is 32.2. The number of anilines is 1. The number of para-hydroxylation sites is 1. The van der Waals surface area contributed by atoms with E-state index in [2.05, 4.69) is 33.4 Å². The van der Waals surface area contributed by atoms with Crippen LogP contribution in [0.25, 0.3) is 10.9 Å². The summed E-state index contributed by atoms with van der Waals surface area (Å²) in [5.41, 5.74) is 5.38. The number of aromatic nitrogens is 1. The van der Waals surface area contributed by atoms with Crippen molar-refractivity contribution in [2.45, 2.75) is 63.6 Å².